The van der Waals surface area contributed by atoms with Gasteiger partial charge in [-0.25, -0.2) is 13.1 Å². The van der Waals surface area contributed by atoms with Crippen LogP contribution in [-0.4, -0.2) is 27.0 Å². The van der Waals surface area contributed by atoms with E-state index in [1.165, 1.54) is 6.20 Å². The highest BCUT2D eigenvalue weighted by Gasteiger charge is 2.15. The summed E-state index contributed by atoms with van der Waals surface area (Å²) in [4.78, 5) is 4.35. The maximum Gasteiger partial charge on any atom is 0.242 e. The Labute approximate surface area is 131 Å². The minimum atomic E-state index is -3.44. The van der Waals surface area contributed by atoms with Crippen molar-refractivity contribution < 1.29 is 8.42 Å². The van der Waals surface area contributed by atoms with Crippen LogP contribution in [0.5, 0.6) is 0 Å². The van der Waals surface area contributed by atoms with Crippen molar-refractivity contribution in [2.75, 3.05) is 13.6 Å². The number of H-pyrrole nitrogens is 1. The lowest BCUT2D eigenvalue weighted by Crippen LogP contribution is -2.25. The zero-order valence-electron chi connectivity index (χ0n) is 10.9. The summed E-state index contributed by atoms with van der Waals surface area (Å²) in [7, 11) is -1.63. The molecule has 110 valence electrons. The van der Waals surface area contributed by atoms with Crippen molar-refractivity contribution in [3.63, 3.8) is 0 Å². The molecular formula is C12H16BrN3O2S2. The molecule has 0 spiro atoms. The van der Waals surface area contributed by atoms with Crippen LogP contribution in [-0.2, 0) is 23.0 Å². The van der Waals surface area contributed by atoms with Crippen LogP contribution in [0.2, 0.25) is 0 Å². The summed E-state index contributed by atoms with van der Waals surface area (Å²) < 4.78 is 27.8. The number of hydrogen-bond donors (Lipinski definition) is 3. The predicted molar refractivity (Wildman–Crippen MR) is 84.5 cm³/mol. The molecule has 0 bridgehead atoms. The van der Waals surface area contributed by atoms with Crippen LogP contribution in [0, 0.1) is 0 Å². The third-order valence-corrected chi connectivity index (χ3v) is 5.81. The van der Waals surface area contributed by atoms with Gasteiger partial charge in [-0.1, -0.05) is 0 Å². The van der Waals surface area contributed by atoms with Gasteiger partial charge in [0.15, 0.2) is 0 Å². The highest BCUT2D eigenvalue weighted by Crippen LogP contribution is 2.22. The van der Waals surface area contributed by atoms with Gasteiger partial charge in [-0.2, -0.15) is 0 Å². The van der Waals surface area contributed by atoms with Gasteiger partial charge < -0.3 is 10.3 Å². The molecule has 0 unspecified atom stereocenters. The van der Waals surface area contributed by atoms with Gasteiger partial charge in [0, 0.05) is 29.9 Å². The second kappa shape index (κ2) is 6.86. The molecule has 2 aromatic rings. The lowest BCUT2D eigenvalue weighted by molar-refractivity contribution is 0.582. The van der Waals surface area contributed by atoms with E-state index in [0.29, 0.717) is 19.5 Å². The predicted octanol–water partition coefficient (Wildman–Crippen LogP) is 2.08. The van der Waals surface area contributed by atoms with Crippen LogP contribution in [0.1, 0.15) is 10.6 Å². The summed E-state index contributed by atoms with van der Waals surface area (Å²) in [6.45, 7) is 1.00. The van der Waals surface area contributed by atoms with Gasteiger partial charge in [-0.3, -0.25) is 0 Å². The first-order chi connectivity index (χ1) is 9.51. The van der Waals surface area contributed by atoms with Crippen molar-refractivity contribution in [2.45, 2.75) is 17.9 Å². The second-order valence-electron chi connectivity index (χ2n) is 4.24. The van der Waals surface area contributed by atoms with Gasteiger partial charge in [0.2, 0.25) is 10.0 Å². The maximum absolute atomic E-state index is 12.1. The Bertz CT molecular complexity index is 664. The number of sulfonamides is 1. The first kappa shape index (κ1) is 15.7. The van der Waals surface area contributed by atoms with E-state index in [0.717, 1.165) is 14.4 Å². The third-order valence-electron chi connectivity index (χ3n) is 2.69. The number of nitrogens with one attached hydrogen (secondary N) is 3. The van der Waals surface area contributed by atoms with Gasteiger partial charge in [0.1, 0.15) is 0 Å². The topological polar surface area (TPSA) is 74.0 Å². The quantitative estimate of drug-likeness (QED) is 0.691. The van der Waals surface area contributed by atoms with Crippen molar-refractivity contribution in [1.82, 2.24) is 15.0 Å². The highest BCUT2D eigenvalue weighted by atomic mass is 79.9. The summed E-state index contributed by atoms with van der Waals surface area (Å²) in [5, 5.41) is 2.97. The fraction of sp³-hybridized carbons (Fsp3) is 0.333. The Hall–Kier alpha value is -0.670. The molecule has 5 nitrogen and oxygen atoms in total. The number of aromatic amines is 1. The van der Waals surface area contributed by atoms with E-state index in [9.17, 15) is 8.42 Å². The lowest BCUT2D eigenvalue weighted by Gasteiger charge is -2.03. The molecule has 0 saturated heterocycles. The van der Waals surface area contributed by atoms with Crippen molar-refractivity contribution in [3.05, 3.63) is 38.8 Å². The van der Waals surface area contributed by atoms with Crippen molar-refractivity contribution in [1.29, 1.82) is 0 Å². The third kappa shape index (κ3) is 4.16. The minimum Gasteiger partial charge on any atom is -0.363 e. The minimum absolute atomic E-state index is 0.273. The summed E-state index contributed by atoms with van der Waals surface area (Å²) in [6, 6.07) is 5.59. The molecule has 0 radical (unpaired) electrons. The molecule has 0 aliphatic rings. The molecule has 0 saturated carbocycles. The van der Waals surface area contributed by atoms with Gasteiger partial charge in [0.25, 0.3) is 0 Å². The van der Waals surface area contributed by atoms with E-state index < -0.39 is 10.0 Å². The van der Waals surface area contributed by atoms with E-state index >= 15 is 0 Å². The van der Waals surface area contributed by atoms with E-state index in [-0.39, 0.29) is 4.90 Å². The van der Waals surface area contributed by atoms with Crippen LogP contribution < -0.4 is 10.0 Å². The van der Waals surface area contributed by atoms with Crippen LogP contribution in [0.4, 0.5) is 0 Å². The number of thiophene rings is 1. The number of halogens is 1. The SMILES string of the molecule is CNCc1cc(S(=O)(=O)NCCc2ccc(Br)s2)c[nH]1. The first-order valence-corrected chi connectivity index (χ1v) is 9.16. The van der Waals surface area contributed by atoms with Crippen LogP contribution >= 0.6 is 27.3 Å². The van der Waals surface area contributed by atoms with E-state index in [4.69, 9.17) is 0 Å². The molecule has 2 heterocycles. The molecule has 0 amide bonds. The molecule has 2 aromatic heterocycles. The van der Waals surface area contributed by atoms with Crippen LogP contribution in [0.25, 0.3) is 0 Å². The molecule has 8 heteroatoms. The average molecular weight is 378 g/mol. The smallest absolute Gasteiger partial charge is 0.242 e. The lowest BCUT2D eigenvalue weighted by atomic mass is 10.3. The summed E-state index contributed by atoms with van der Waals surface area (Å²) in [5.41, 5.74) is 0.843. The summed E-state index contributed by atoms with van der Waals surface area (Å²) in [5.74, 6) is 0. The van der Waals surface area contributed by atoms with Gasteiger partial charge >= 0.3 is 0 Å². The van der Waals surface area contributed by atoms with Gasteiger partial charge in [0.05, 0.1) is 8.68 Å². The Morgan fingerprint density at radius 2 is 2.20 bits per heavy atom. The van der Waals surface area contributed by atoms with Crippen LogP contribution in [0.15, 0.2) is 33.1 Å². The Morgan fingerprint density at radius 1 is 1.40 bits per heavy atom. The summed E-state index contributed by atoms with van der Waals surface area (Å²) >= 11 is 5.00. The zero-order chi connectivity index (χ0) is 14.6. The van der Waals surface area contributed by atoms with Gasteiger partial charge in [-0.05, 0) is 47.6 Å². The van der Waals surface area contributed by atoms with E-state index in [1.54, 1.807) is 17.4 Å². The Morgan fingerprint density at radius 3 is 2.85 bits per heavy atom. The summed E-state index contributed by atoms with van der Waals surface area (Å²) in [6.07, 6.45) is 2.19. The molecule has 0 atom stereocenters. The Balaban J connectivity index is 1.92. The second-order valence-corrected chi connectivity index (χ2v) is 8.56. The standard InChI is InChI=1S/C12H16BrN3O2S2/c1-14-7-9-6-11(8-15-9)20(17,18)16-5-4-10-2-3-12(13)19-10/h2-3,6,8,14-16H,4-5,7H2,1H3. The Kier molecular flexibility index (Phi) is 5.39. The number of aromatic nitrogens is 1. The number of rotatable bonds is 7. The fourth-order valence-corrected chi connectivity index (χ4v) is 4.28. The molecule has 0 aromatic carbocycles. The molecule has 2 rings (SSSR count). The van der Waals surface area contributed by atoms with Crippen LogP contribution in [0.3, 0.4) is 0 Å². The molecule has 0 fully saturated rings. The molecule has 0 aliphatic heterocycles. The molecule has 3 N–H and O–H groups in total. The highest BCUT2D eigenvalue weighted by molar-refractivity contribution is 9.11. The van der Waals surface area contributed by atoms with E-state index in [2.05, 4.69) is 31.0 Å². The number of hydrogen-bond acceptors (Lipinski definition) is 4. The van der Waals surface area contributed by atoms with Gasteiger partial charge in [-0.15, -0.1) is 11.3 Å². The molecule has 0 aliphatic carbocycles. The zero-order valence-corrected chi connectivity index (χ0v) is 14.2. The molecule has 20 heavy (non-hydrogen) atoms. The van der Waals surface area contributed by atoms with Crippen molar-refractivity contribution >= 4 is 37.3 Å². The first-order valence-electron chi connectivity index (χ1n) is 6.07. The van der Waals surface area contributed by atoms with Crippen molar-refractivity contribution in [3.8, 4) is 0 Å². The monoisotopic (exact) mass is 377 g/mol. The molecular weight excluding hydrogens is 362 g/mol. The average Bonchev–Trinajstić information content (AvgIpc) is 2.99. The van der Waals surface area contributed by atoms with E-state index in [1.807, 2.05) is 19.2 Å². The largest absolute Gasteiger partial charge is 0.363 e. The van der Waals surface area contributed by atoms with Crippen molar-refractivity contribution in [2.24, 2.45) is 0 Å². The fourth-order valence-electron chi connectivity index (χ4n) is 1.74. The normalized spacial score (nSPS) is 11.9. The maximum atomic E-state index is 12.1.